The number of para-hydroxylation sites is 2. The minimum absolute atomic E-state index is 0.316. The highest BCUT2D eigenvalue weighted by molar-refractivity contribution is 5.47. The second-order valence-corrected chi connectivity index (χ2v) is 5.03. The third-order valence-electron chi connectivity index (χ3n) is 3.48. The van der Waals surface area contributed by atoms with Crippen LogP contribution in [0.1, 0.15) is 17.5 Å². The van der Waals surface area contributed by atoms with Crippen LogP contribution in [-0.4, -0.2) is 18.3 Å². The van der Waals surface area contributed by atoms with Crippen molar-refractivity contribution in [2.75, 3.05) is 13.2 Å². The molecule has 0 atom stereocenters. The topological polar surface area (TPSA) is 50.7 Å². The largest absolute Gasteiger partial charge is 0.508 e. The summed E-state index contributed by atoms with van der Waals surface area (Å²) in [6, 6.07) is 13.3. The molecular weight excluding hydrogens is 266 g/mol. The number of nitrogens with one attached hydrogen (secondary N) is 1. The fourth-order valence-corrected chi connectivity index (χ4v) is 2.39. The van der Waals surface area contributed by atoms with E-state index in [0.29, 0.717) is 32.1 Å². The monoisotopic (exact) mass is 285 g/mol. The van der Waals surface area contributed by atoms with Gasteiger partial charge in [-0.25, -0.2) is 0 Å². The molecule has 1 aliphatic rings. The molecule has 0 fully saturated rings. The van der Waals surface area contributed by atoms with E-state index in [-0.39, 0.29) is 0 Å². The zero-order valence-corrected chi connectivity index (χ0v) is 11.8. The van der Waals surface area contributed by atoms with Crippen molar-refractivity contribution in [2.45, 2.75) is 19.5 Å². The molecule has 0 saturated carbocycles. The first kappa shape index (κ1) is 13.8. The fourth-order valence-electron chi connectivity index (χ4n) is 2.39. The zero-order valence-electron chi connectivity index (χ0n) is 11.8. The van der Waals surface area contributed by atoms with Crippen molar-refractivity contribution in [1.29, 1.82) is 0 Å². The number of hydrogen-bond acceptors (Lipinski definition) is 4. The Kier molecular flexibility index (Phi) is 4.26. The number of rotatable bonds is 4. The van der Waals surface area contributed by atoms with E-state index < -0.39 is 0 Å². The van der Waals surface area contributed by atoms with Crippen molar-refractivity contribution >= 4 is 0 Å². The number of ether oxygens (including phenoxy) is 2. The van der Waals surface area contributed by atoms with Gasteiger partial charge in [0.15, 0.2) is 11.5 Å². The molecule has 4 nitrogen and oxygen atoms in total. The molecule has 2 N–H and O–H groups in total. The predicted molar refractivity (Wildman–Crippen MR) is 80.7 cm³/mol. The second kappa shape index (κ2) is 6.50. The van der Waals surface area contributed by atoms with Gasteiger partial charge < -0.3 is 19.9 Å². The Balaban J connectivity index is 1.67. The molecule has 0 bridgehead atoms. The van der Waals surface area contributed by atoms with E-state index in [1.54, 1.807) is 6.07 Å². The van der Waals surface area contributed by atoms with Gasteiger partial charge in [0.2, 0.25) is 0 Å². The number of hydrogen-bond donors (Lipinski definition) is 2. The van der Waals surface area contributed by atoms with Crippen LogP contribution >= 0.6 is 0 Å². The lowest BCUT2D eigenvalue weighted by Gasteiger charge is -2.13. The molecule has 110 valence electrons. The third-order valence-corrected chi connectivity index (χ3v) is 3.48. The van der Waals surface area contributed by atoms with Gasteiger partial charge in [-0.2, -0.15) is 0 Å². The van der Waals surface area contributed by atoms with Crippen molar-refractivity contribution in [3.05, 3.63) is 53.6 Å². The summed E-state index contributed by atoms with van der Waals surface area (Å²) in [5.74, 6) is 1.96. The van der Waals surface area contributed by atoms with E-state index in [0.717, 1.165) is 29.0 Å². The number of aromatic hydroxyl groups is 1. The molecule has 21 heavy (non-hydrogen) atoms. The lowest BCUT2D eigenvalue weighted by Crippen LogP contribution is -2.13. The molecule has 1 aliphatic heterocycles. The van der Waals surface area contributed by atoms with Gasteiger partial charge in [0.1, 0.15) is 5.75 Å². The Hall–Kier alpha value is -2.20. The maximum absolute atomic E-state index is 9.75. The van der Waals surface area contributed by atoms with E-state index in [1.807, 2.05) is 36.4 Å². The van der Waals surface area contributed by atoms with Crippen molar-refractivity contribution in [1.82, 2.24) is 5.32 Å². The molecule has 2 aromatic rings. The molecule has 0 radical (unpaired) electrons. The highest BCUT2D eigenvalue weighted by Gasteiger charge is 2.14. The molecule has 0 aromatic heterocycles. The Morgan fingerprint density at radius 2 is 1.67 bits per heavy atom. The summed E-state index contributed by atoms with van der Waals surface area (Å²) in [4.78, 5) is 0. The zero-order chi connectivity index (χ0) is 14.5. The summed E-state index contributed by atoms with van der Waals surface area (Å²) in [5.41, 5.74) is 1.96. The maximum Gasteiger partial charge on any atom is 0.165 e. The Morgan fingerprint density at radius 1 is 0.905 bits per heavy atom. The van der Waals surface area contributed by atoms with Gasteiger partial charge in [0.05, 0.1) is 13.2 Å². The first-order valence-corrected chi connectivity index (χ1v) is 7.19. The number of benzene rings is 2. The minimum Gasteiger partial charge on any atom is -0.508 e. The molecule has 1 heterocycles. The molecule has 4 heteroatoms. The van der Waals surface area contributed by atoms with Gasteiger partial charge in [-0.15, -0.1) is 0 Å². The van der Waals surface area contributed by atoms with Gasteiger partial charge in [0.25, 0.3) is 0 Å². The quantitative estimate of drug-likeness (QED) is 0.907. The highest BCUT2D eigenvalue weighted by Crippen LogP contribution is 2.33. The van der Waals surface area contributed by atoms with Gasteiger partial charge in [0, 0.05) is 30.6 Å². The summed E-state index contributed by atoms with van der Waals surface area (Å²) < 4.78 is 11.5. The predicted octanol–water partition coefficient (Wildman–Crippen LogP) is 2.84. The number of phenols is 1. The summed E-state index contributed by atoms with van der Waals surface area (Å²) >= 11 is 0. The summed E-state index contributed by atoms with van der Waals surface area (Å²) in [7, 11) is 0. The van der Waals surface area contributed by atoms with E-state index in [9.17, 15) is 5.11 Å². The molecule has 0 amide bonds. The van der Waals surface area contributed by atoms with Crippen LogP contribution in [0.25, 0.3) is 0 Å². The van der Waals surface area contributed by atoms with E-state index in [4.69, 9.17) is 9.47 Å². The molecule has 0 saturated heterocycles. The van der Waals surface area contributed by atoms with Crippen LogP contribution in [0.3, 0.4) is 0 Å². The Morgan fingerprint density at radius 3 is 2.57 bits per heavy atom. The van der Waals surface area contributed by atoms with Crippen molar-refractivity contribution in [2.24, 2.45) is 0 Å². The highest BCUT2D eigenvalue weighted by atomic mass is 16.5. The van der Waals surface area contributed by atoms with Crippen LogP contribution in [0.5, 0.6) is 17.2 Å². The average Bonchev–Trinajstić information content (AvgIpc) is 2.75. The van der Waals surface area contributed by atoms with Crippen LogP contribution in [0.2, 0.25) is 0 Å². The molecule has 0 aliphatic carbocycles. The van der Waals surface area contributed by atoms with Crippen LogP contribution in [0.15, 0.2) is 42.5 Å². The van der Waals surface area contributed by atoms with Gasteiger partial charge >= 0.3 is 0 Å². The molecule has 2 aromatic carbocycles. The van der Waals surface area contributed by atoms with Crippen LogP contribution in [0, 0.1) is 0 Å². The normalized spacial score (nSPS) is 13.7. The second-order valence-electron chi connectivity index (χ2n) is 5.03. The smallest absolute Gasteiger partial charge is 0.165 e. The van der Waals surface area contributed by atoms with Crippen molar-refractivity contribution < 1.29 is 14.6 Å². The van der Waals surface area contributed by atoms with Crippen molar-refractivity contribution in [3.63, 3.8) is 0 Å². The number of phenolic OH excluding ortho intramolecular Hbond substituents is 1. The molecular formula is C17H19NO3. The molecule has 3 rings (SSSR count). The molecule has 0 unspecified atom stereocenters. The van der Waals surface area contributed by atoms with Gasteiger partial charge in [-0.3, -0.25) is 0 Å². The first-order chi connectivity index (χ1) is 10.3. The fraction of sp³-hybridized carbons (Fsp3) is 0.294. The lowest BCUT2D eigenvalue weighted by atomic mass is 10.1. The summed E-state index contributed by atoms with van der Waals surface area (Å²) in [6.45, 7) is 2.66. The maximum atomic E-state index is 9.75. The lowest BCUT2D eigenvalue weighted by molar-refractivity contribution is 0.296. The number of fused-ring (bicyclic) bond motifs is 1. The minimum atomic E-state index is 0.316. The van der Waals surface area contributed by atoms with Crippen LogP contribution in [0.4, 0.5) is 0 Å². The third kappa shape index (κ3) is 3.28. The molecule has 0 spiro atoms. The van der Waals surface area contributed by atoms with Gasteiger partial charge in [-0.05, 0) is 12.1 Å². The van der Waals surface area contributed by atoms with E-state index >= 15 is 0 Å². The van der Waals surface area contributed by atoms with E-state index in [2.05, 4.69) is 5.32 Å². The first-order valence-electron chi connectivity index (χ1n) is 7.19. The average molecular weight is 285 g/mol. The van der Waals surface area contributed by atoms with E-state index in [1.165, 1.54) is 0 Å². The van der Waals surface area contributed by atoms with Crippen LogP contribution in [-0.2, 0) is 13.1 Å². The van der Waals surface area contributed by atoms with Crippen molar-refractivity contribution in [3.8, 4) is 17.2 Å². The summed E-state index contributed by atoms with van der Waals surface area (Å²) in [5, 5.41) is 13.1. The standard InChI is InChI=1S/C17H19NO3/c19-15-7-2-1-5-13(15)11-18-12-14-6-3-8-16-17(14)21-10-4-9-20-16/h1-3,5-8,18-19H,4,9-12H2. The Labute approximate surface area is 124 Å². The summed E-state index contributed by atoms with van der Waals surface area (Å²) in [6.07, 6.45) is 0.902. The van der Waals surface area contributed by atoms with Crippen LogP contribution < -0.4 is 14.8 Å². The Bertz CT molecular complexity index is 613. The van der Waals surface area contributed by atoms with Gasteiger partial charge in [-0.1, -0.05) is 30.3 Å². The SMILES string of the molecule is Oc1ccccc1CNCc1cccc2c1OCCCO2.